The maximum atomic E-state index is 10.4. The predicted octanol–water partition coefficient (Wildman–Crippen LogP) is 2.40. The molecule has 2 aromatic heterocycles. The van der Waals surface area contributed by atoms with Gasteiger partial charge in [-0.25, -0.2) is 0 Å². The van der Waals surface area contributed by atoms with Crippen LogP contribution in [0, 0.1) is 11.8 Å². The highest BCUT2D eigenvalue weighted by Crippen LogP contribution is 2.34. The van der Waals surface area contributed by atoms with E-state index in [1.165, 1.54) is 13.1 Å². The number of aromatic hydroxyl groups is 1. The van der Waals surface area contributed by atoms with E-state index in [9.17, 15) is 5.11 Å². The zero-order valence-corrected chi connectivity index (χ0v) is 14.7. The summed E-state index contributed by atoms with van der Waals surface area (Å²) in [6, 6.07) is 11.4. The number of fused-ring (bicyclic) bond motifs is 2. The van der Waals surface area contributed by atoms with Gasteiger partial charge in [0.25, 0.3) is 0 Å². The van der Waals surface area contributed by atoms with Crippen molar-refractivity contribution in [2.45, 2.75) is 0 Å². The smallest absolute Gasteiger partial charge is 0.151 e. The van der Waals surface area contributed by atoms with Gasteiger partial charge < -0.3 is 14.9 Å². The molecule has 6 heteroatoms. The topological polar surface area (TPSA) is 65.4 Å². The Balaban J connectivity index is 1.41. The normalized spacial score (nSPS) is 22.9. The van der Waals surface area contributed by atoms with Crippen molar-refractivity contribution in [3.8, 4) is 17.0 Å². The van der Waals surface area contributed by atoms with Crippen molar-refractivity contribution in [1.29, 1.82) is 0 Å². The van der Waals surface area contributed by atoms with Crippen LogP contribution in [0.3, 0.4) is 0 Å². The lowest BCUT2D eigenvalue weighted by Gasteiger charge is -2.19. The predicted molar refractivity (Wildman–Crippen MR) is 101 cm³/mol. The summed E-state index contributed by atoms with van der Waals surface area (Å²) in [7, 11) is 2.20. The number of pyridine rings is 1. The fraction of sp³-hybridized carbons (Fsp3) is 0.350. The maximum absolute atomic E-state index is 10.4. The van der Waals surface area contributed by atoms with E-state index >= 15 is 0 Å². The minimum atomic E-state index is 0.178. The zero-order chi connectivity index (χ0) is 17.7. The van der Waals surface area contributed by atoms with Crippen LogP contribution < -0.4 is 4.90 Å². The number of benzene rings is 1. The molecule has 4 heterocycles. The van der Waals surface area contributed by atoms with Crippen molar-refractivity contribution < 1.29 is 5.11 Å². The highest BCUT2D eigenvalue weighted by atomic mass is 16.3. The molecule has 2 saturated heterocycles. The van der Waals surface area contributed by atoms with Gasteiger partial charge in [0.1, 0.15) is 5.75 Å². The van der Waals surface area contributed by atoms with Gasteiger partial charge >= 0.3 is 0 Å². The van der Waals surface area contributed by atoms with E-state index in [4.69, 9.17) is 0 Å². The van der Waals surface area contributed by atoms with E-state index < -0.39 is 0 Å². The van der Waals surface area contributed by atoms with Gasteiger partial charge in [-0.05, 0) is 43.1 Å². The molecule has 3 aromatic rings. The van der Waals surface area contributed by atoms with E-state index in [1.54, 1.807) is 12.3 Å². The van der Waals surface area contributed by atoms with Crippen LogP contribution in [0.1, 0.15) is 0 Å². The van der Waals surface area contributed by atoms with Gasteiger partial charge in [0.15, 0.2) is 5.82 Å². The van der Waals surface area contributed by atoms with Crippen LogP contribution in [-0.4, -0.2) is 58.4 Å². The monoisotopic (exact) mass is 347 g/mol. The van der Waals surface area contributed by atoms with Gasteiger partial charge in [-0.15, -0.1) is 10.2 Å². The Bertz CT molecular complexity index is 944. The van der Waals surface area contributed by atoms with Crippen LogP contribution in [-0.2, 0) is 0 Å². The third-order valence-electron chi connectivity index (χ3n) is 5.64. The fourth-order valence-corrected chi connectivity index (χ4v) is 4.37. The van der Waals surface area contributed by atoms with Crippen molar-refractivity contribution in [3.63, 3.8) is 0 Å². The summed E-state index contributed by atoms with van der Waals surface area (Å²) in [5, 5.41) is 20.2. The summed E-state index contributed by atoms with van der Waals surface area (Å²) in [6.45, 7) is 4.45. The lowest BCUT2D eigenvalue weighted by molar-refractivity contribution is 0.387. The van der Waals surface area contributed by atoms with Crippen molar-refractivity contribution in [2.75, 3.05) is 38.1 Å². The number of aromatic nitrogens is 3. The number of phenols is 1. The Morgan fingerprint density at radius 2 is 1.81 bits per heavy atom. The summed E-state index contributed by atoms with van der Waals surface area (Å²) in [5.41, 5.74) is 2.13. The molecule has 2 atom stereocenters. The molecule has 0 amide bonds. The van der Waals surface area contributed by atoms with Crippen LogP contribution in [0.2, 0.25) is 0 Å². The first-order valence-corrected chi connectivity index (χ1v) is 9.03. The quantitative estimate of drug-likeness (QED) is 0.768. The SMILES string of the molecule is CN1C[C@@H]2CN(c3ccc(-c4cc5cccnc5cc4O)nn3)C[C@@H]2C1. The molecule has 0 unspecified atom stereocenters. The summed E-state index contributed by atoms with van der Waals surface area (Å²) < 4.78 is 0. The van der Waals surface area contributed by atoms with Gasteiger partial charge in [0.2, 0.25) is 0 Å². The number of phenolic OH excluding ortho intramolecular Hbond substituents is 1. The van der Waals surface area contributed by atoms with Gasteiger partial charge in [-0.1, -0.05) is 6.07 Å². The lowest BCUT2D eigenvalue weighted by Crippen LogP contribution is -2.27. The molecule has 2 aliphatic heterocycles. The van der Waals surface area contributed by atoms with Crippen molar-refractivity contribution in [2.24, 2.45) is 11.8 Å². The molecule has 26 heavy (non-hydrogen) atoms. The van der Waals surface area contributed by atoms with Gasteiger partial charge in [0.05, 0.1) is 11.2 Å². The summed E-state index contributed by atoms with van der Waals surface area (Å²) in [4.78, 5) is 9.02. The maximum Gasteiger partial charge on any atom is 0.151 e. The van der Waals surface area contributed by atoms with E-state index in [1.807, 2.05) is 30.3 Å². The molecule has 1 aromatic carbocycles. The van der Waals surface area contributed by atoms with Crippen LogP contribution in [0.5, 0.6) is 5.75 Å². The summed E-state index contributed by atoms with van der Waals surface area (Å²) in [5.74, 6) is 2.57. The first-order chi connectivity index (χ1) is 12.7. The first kappa shape index (κ1) is 15.5. The molecule has 2 fully saturated rings. The van der Waals surface area contributed by atoms with Crippen LogP contribution in [0.15, 0.2) is 42.6 Å². The van der Waals surface area contributed by atoms with Gasteiger partial charge in [-0.2, -0.15) is 0 Å². The number of hydrogen-bond donors (Lipinski definition) is 1. The van der Waals surface area contributed by atoms with E-state index in [0.29, 0.717) is 11.3 Å². The average Bonchev–Trinajstić information content (AvgIpc) is 3.19. The molecule has 0 radical (unpaired) electrons. The Morgan fingerprint density at radius 1 is 1.00 bits per heavy atom. The molecule has 0 spiro atoms. The molecular formula is C20H21N5O. The van der Waals surface area contributed by atoms with Crippen LogP contribution in [0.4, 0.5) is 5.82 Å². The first-order valence-electron chi connectivity index (χ1n) is 9.03. The summed E-state index contributed by atoms with van der Waals surface area (Å²) >= 11 is 0. The molecule has 2 aliphatic rings. The standard InChI is InChI=1S/C20H21N5O/c1-24-9-14-11-25(12-15(14)10-24)20-5-4-17(22-23-20)16-7-13-3-2-6-21-18(13)8-19(16)26/h2-8,14-15,26H,9-12H2,1H3/t14-,15+. The second-order valence-electron chi connectivity index (χ2n) is 7.49. The summed E-state index contributed by atoms with van der Waals surface area (Å²) in [6.07, 6.45) is 1.72. The molecule has 1 N–H and O–H groups in total. The highest BCUT2D eigenvalue weighted by molar-refractivity contribution is 5.87. The Morgan fingerprint density at radius 3 is 2.54 bits per heavy atom. The fourth-order valence-electron chi connectivity index (χ4n) is 4.37. The number of nitrogens with zero attached hydrogens (tertiary/aromatic N) is 5. The Kier molecular flexibility index (Phi) is 3.53. The molecule has 5 rings (SSSR count). The third-order valence-corrected chi connectivity index (χ3v) is 5.64. The van der Waals surface area contributed by atoms with Crippen LogP contribution >= 0.6 is 0 Å². The van der Waals surface area contributed by atoms with E-state index in [2.05, 4.69) is 32.0 Å². The number of rotatable bonds is 2. The molecular weight excluding hydrogens is 326 g/mol. The number of likely N-dealkylation sites (tertiary alicyclic amines) is 1. The van der Waals surface area contributed by atoms with Gasteiger partial charge in [0, 0.05) is 49.4 Å². The minimum absolute atomic E-state index is 0.178. The molecule has 0 aliphatic carbocycles. The minimum Gasteiger partial charge on any atom is -0.507 e. The van der Waals surface area contributed by atoms with Crippen molar-refractivity contribution in [3.05, 3.63) is 42.6 Å². The van der Waals surface area contributed by atoms with Crippen LogP contribution in [0.25, 0.3) is 22.2 Å². The van der Waals surface area contributed by atoms with E-state index in [-0.39, 0.29) is 5.75 Å². The molecule has 0 saturated carbocycles. The average molecular weight is 347 g/mol. The zero-order valence-electron chi connectivity index (χ0n) is 14.7. The van der Waals surface area contributed by atoms with Crippen molar-refractivity contribution >= 4 is 16.7 Å². The Labute approximate surface area is 152 Å². The second kappa shape index (κ2) is 5.92. The molecule has 6 nitrogen and oxygen atoms in total. The van der Waals surface area contributed by atoms with Crippen molar-refractivity contribution in [1.82, 2.24) is 20.1 Å². The highest BCUT2D eigenvalue weighted by Gasteiger charge is 2.39. The second-order valence-corrected chi connectivity index (χ2v) is 7.49. The Hall–Kier alpha value is -2.73. The third kappa shape index (κ3) is 2.57. The largest absolute Gasteiger partial charge is 0.507 e. The number of anilines is 1. The van der Waals surface area contributed by atoms with E-state index in [0.717, 1.165) is 41.6 Å². The molecule has 132 valence electrons. The van der Waals surface area contributed by atoms with Gasteiger partial charge in [-0.3, -0.25) is 4.98 Å². The molecule has 0 bridgehead atoms. The lowest BCUT2D eigenvalue weighted by atomic mass is 10.0. The number of hydrogen-bond acceptors (Lipinski definition) is 6.